The van der Waals surface area contributed by atoms with E-state index >= 15 is 0 Å². The van der Waals surface area contributed by atoms with Crippen LogP contribution in [0.2, 0.25) is 5.02 Å². The molecule has 1 N–H and O–H groups in total. The van der Waals surface area contributed by atoms with Crippen LogP contribution in [0.5, 0.6) is 0 Å². The van der Waals surface area contributed by atoms with Crippen molar-refractivity contribution in [2.45, 2.75) is 6.92 Å². The topological polar surface area (TPSA) is 55.4 Å². The standard InChI is InChI=1S/C10H9BrClNO3/c1-2-16-10(15)9(14)13-6-3-4-8(12)7(11)5-6/h3-5H,2H2,1H3,(H,13,14). The Bertz CT molecular complexity index is 423. The van der Waals surface area contributed by atoms with E-state index in [9.17, 15) is 9.59 Å². The molecular formula is C10H9BrClNO3. The van der Waals surface area contributed by atoms with Crippen LogP contribution in [0, 0.1) is 0 Å². The molecule has 6 heteroatoms. The van der Waals surface area contributed by atoms with Crippen LogP contribution in [0.25, 0.3) is 0 Å². The highest BCUT2D eigenvalue weighted by atomic mass is 79.9. The monoisotopic (exact) mass is 305 g/mol. The molecule has 1 aromatic rings. The number of anilines is 1. The van der Waals surface area contributed by atoms with E-state index in [1.807, 2.05) is 0 Å². The molecule has 86 valence electrons. The SMILES string of the molecule is CCOC(=O)C(=O)Nc1ccc(Cl)c(Br)c1. The van der Waals surface area contributed by atoms with E-state index in [4.69, 9.17) is 11.6 Å². The molecule has 0 aliphatic rings. The summed E-state index contributed by atoms with van der Waals surface area (Å²) in [5, 5.41) is 2.91. The van der Waals surface area contributed by atoms with Crippen LogP contribution in [-0.4, -0.2) is 18.5 Å². The van der Waals surface area contributed by atoms with Gasteiger partial charge in [-0.3, -0.25) is 4.79 Å². The number of nitrogens with one attached hydrogen (secondary N) is 1. The van der Waals surface area contributed by atoms with Crippen molar-refractivity contribution in [3.8, 4) is 0 Å². The summed E-state index contributed by atoms with van der Waals surface area (Å²) in [5.41, 5.74) is 0.467. The lowest BCUT2D eigenvalue weighted by molar-refractivity contribution is -0.152. The molecule has 0 saturated heterocycles. The average molecular weight is 307 g/mol. The predicted molar refractivity (Wildman–Crippen MR) is 64.4 cm³/mol. The highest BCUT2D eigenvalue weighted by Gasteiger charge is 2.14. The molecule has 0 atom stereocenters. The minimum absolute atomic E-state index is 0.163. The van der Waals surface area contributed by atoms with Gasteiger partial charge in [0.15, 0.2) is 0 Å². The number of carbonyl (C=O) groups excluding carboxylic acids is 2. The third kappa shape index (κ3) is 3.50. The van der Waals surface area contributed by atoms with Crippen LogP contribution in [0.15, 0.2) is 22.7 Å². The second-order valence-electron chi connectivity index (χ2n) is 2.80. The van der Waals surface area contributed by atoms with Gasteiger partial charge in [0.1, 0.15) is 0 Å². The summed E-state index contributed by atoms with van der Waals surface area (Å²) in [6.45, 7) is 1.79. The van der Waals surface area contributed by atoms with E-state index < -0.39 is 11.9 Å². The lowest BCUT2D eigenvalue weighted by Crippen LogP contribution is -2.24. The summed E-state index contributed by atoms with van der Waals surface area (Å²) >= 11 is 8.98. The summed E-state index contributed by atoms with van der Waals surface area (Å²) in [4.78, 5) is 22.3. The Hall–Kier alpha value is -1.07. The van der Waals surface area contributed by atoms with Gasteiger partial charge >= 0.3 is 11.9 Å². The molecule has 0 radical (unpaired) electrons. The van der Waals surface area contributed by atoms with Crippen molar-refractivity contribution >= 4 is 45.1 Å². The number of carbonyl (C=O) groups is 2. The van der Waals surface area contributed by atoms with E-state index in [0.717, 1.165) is 0 Å². The maximum Gasteiger partial charge on any atom is 0.397 e. The van der Waals surface area contributed by atoms with Crippen molar-refractivity contribution in [2.24, 2.45) is 0 Å². The van der Waals surface area contributed by atoms with Gasteiger partial charge in [0.05, 0.1) is 11.6 Å². The molecule has 0 bridgehead atoms. The van der Waals surface area contributed by atoms with Crippen LogP contribution >= 0.6 is 27.5 Å². The summed E-state index contributed by atoms with van der Waals surface area (Å²) < 4.78 is 5.18. The fourth-order valence-corrected chi connectivity index (χ4v) is 1.45. The van der Waals surface area contributed by atoms with Crippen LogP contribution in [-0.2, 0) is 14.3 Å². The molecule has 0 spiro atoms. The first-order valence-corrected chi connectivity index (χ1v) is 5.65. The number of esters is 1. The fraction of sp³-hybridized carbons (Fsp3) is 0.200. The average Bonchev–Trinajstić information content (AvgIpc) is 2.24. The maximum absolute atomic E-state index is 11.3. The van der Waals surface area contributed by atoms with Gasteiger partial charge in [0.25, 0.3) is 0 Å². The van der Waals surface area contributed by atoms with E-state index in [-0.39, 0.29) is 6.61 Å². The molecule has 1 rings (SSSR count). The maximum atomic E-state index is 11.3. The number of rotatable bonds is 2. The molecular weight excluding hydrogens is 297 g/mol. The highest BCUT2D eigenvalue weighted by Crippen LogP contribution is 2.25. The number of hydrogen-bond donors (Lipinski definition) is 1. The van der Waals surface area contributed by atoms with Gasteiger partial charge < -0.3 is 10.1 Å². The zero-order valence-electron chi connectivity index (χ0n) is 8.42. The number of hydrogen-bond acceptors (Lipinski definition) is 3. The van der Waals surface area contributed by atoms with Gasteiger partial charge in [-0.15, -0.1) is 0 Å². The van der Waals surface area contributed by atoms with Crippen LogP contribution in [0.3, 0.4) is 0 Å². The van der Waals surface area contributed by atoms with E-state index in [1.54, 1.807) is 25.1 Å². The fourth-order valence-electron chi connectivity index (χ4n) is 0.953. The predicted octanol–water partition coefficient (Wildman–Crippen LogP) is 2.60. The number of ether oxygens (including phenoxy) is 1. The van der Waals surface area contributed by atoms with Crippen LogP contribution in [0.1, 0.15) is 6.92 Å². The third-order valence-corrected chi connectivity index (χ3v) is 2.85. The van der Waals surface area contributed by atoms with Gasteiger partial charge in [0, 0.05) is 10.2 Å². The van der Waals surface area contributed by atoms with Crippen LogP contribution < -0.4 is 5.32 Å². The van der Waals surface area contributed by atoms with E-state index in [2.05, 4.69) is 26.0 Å². The second-order valence-corrected chi connectivity index (χ2v) is 4.07. The van der Waals surface area contributed by atoms with Crippen molar-refractivity contribution in [1.29, 1.82) is 0 Å². The normalized spacial score (nSPS) is 9.69. The summed E-state index contributed by atoms with van der Waals surface area (Å²) in [6.07, 6.45) is 0. The molecule has 1 amide bonds. The molecule has 0 heterocycles. The Morgan fingerprint density at radius 2 is 2.19 bits per heavy atom. The van der Waals surface area contributed by atoms with Crippen LogP contribution in [0.4, 0.5) is 5.69 Å². The van der Waals surface area contributed by atoms with Crippen molar-refractivity contribution in [3.05, 3.63) is 27.7 Å². The zero-order valence-corrected chi connectivity index (χ0v) is 10.8. The lowest BCUT2D eigenvalue weighted by Gasteiger charge is -2.05. The Kier molecular flexibility index (Phi) is 4.76. The van der Waals surface area contributed by atoms with Gasteiger partial charge in [-0.25, -0.2) is 4.79 Å². The second kappa shape index (κ2) is 5.86. The van der Waals surface area contributed by atoms with E-state index in [1.165, 1.54) is 0 Å². The first-order valence-electron chi connectivity index (χ1n) is 4.47. The smallest absolute Gasteiger partial charge is 0.397 e. The van der Waals surface area contributed by atoms with Gasteiger partial charge in [0.2, 0.25) is 0 Å². The number of halogens is 2. The molecule has 0 saturated carbocycles. The first-order chi connectivity index (χ1) is 7.54. The van der Waals surface area contributed by atoms with E-state index in [0.29, 0.717) is 15.2 Å². The van der Waals surface area contributed by atoms with Gasteiger partial charge in [-0.1, -0.05) is 11.6 Å². The molecule has 0 fully saturated rings. The molecule has 0 unspecified atom stereocenters. The molecule has 1 aromatic carbocycles. The number of benzene rings is 1. The third-order valence-electron chi connectivity index (χ3n) is 1.64. The summed E-state index contributed by atoms with van der Waals surface area (Å²) in [5.74, 6) is -1.72. The lowest BCUT2D eigenvalue weighted by atomic mass is 10.3. The highest BCUT2D eigenvalue weighted by molar-refractivity contribution is 9.10. The largest absolute Gasteiger partial charge is 0.459 e. The molecule has 0 aromatic heterocycles. The van der Waals surface area contributed by atoms with Gasteiger partial charge in [-0.2, -0.15) is 0 Å². The molecule has 0 aliphatic carbocycles. The van der Waals surface area contributed by atoms with Gasteiger partial charge in [-0.05, 0) is 41.1 Å². The number of amides is 1. The zero-order chi connectivity index (χ0) is 12.1. The minimum Gasteiger partial charge on any atom is -0.459 e. The van der Waals surface area contributed by atoms with Crippen molar-refractivity contribution in [2.75, 3.05) is 11.9 Å². The first kappa shape index (κ1) is 13.0. The van der Waals surface area contributed by atoms with Crippen molar-refractivity contribution in [3.63, 3.8) is 0 Å². The molecule has 0 aliphatic heterocycles. The van der Waals surface area contributed by atoms with Crippen molar-refractivity contribution < 1.29 is 14.3 Å². The quantitative estimate of drug-likeness (QED) is 0.675. The summed E-state index contributed by atoms with van der Waals surface area (Å²) in [7, 11) is 0. The minimum atomic E-state index is -0.909. The van der Waals surface area contributed by atoms with Crippen molar-refractivity contribution in [1.82, 2.24) is 0 Å². The Morgan fingerprint density at radius 3 is 2.75 bits per heavy atom. The molecule has 16 heavy (non-hydrogen) atoms. The Morgan fingerprint density at radius 1 is 1.50 bits per heavy atom. The summed E-state index contributed by atoms with van der Waals surface area (Å²) in [6, 6.07) is 4.79. The molecule has 4 nitrogen and oxygen atoms in total. The Balaban J connectivity index is 2.70. The Labute approximate surface area is 106 Å².